The third-order valence-electron chi connectivity index (χ3n) is 3.55. The lowest BCUT2D eigenvalue weighted by molar-refractivity contribution is 0.0829. The highest BCUT2D eigenvalue weighted by atomic mass is 16.3. The second-order valence-corrected chi connectivity index (χ2v) is 4.88. The Hall–Kier alpha value is -0.120. The predicted molar refractivity (Wildman–Crippen MR) is 57.3 cm³/mol. The van der Waals surface area contributed by atoms with Crippen LogP contribution in [0, 0.1) is 5.92 Å². The molecule has 0 bridgehead atoms. The molecule has 3 heteroatoms. The maximum Gasteiger partial charge on any atom is 0.0468 e. The van der Waals surface area contributed by atoms with Gasteiger partial charge in [0.05, 0.1) is 0 Å². The second-order valence-electron chi connectivity index (χ2n) is 4.88. The minimum Gasteiger partial charge on any atom is -0.396 e. The van der Waals surface area contributed by atoms with Gasteiger partial charge >= 0.3 is 0 Å². The Morgan fingerprint density at radius 3 is 3.00 bits per heavy atom. The van der Waals surface area contributed by atoms with Gasteiger partial charge in [-0.25, -0.2) is 0 Å². The van der Waals surface area contributed by atoms with Crippen molar-refractivity contribution in [3.8, 4) is 0 Å². The summed E-state index contributed by atoms with van der Waals surface area (Å²) in [6.45, 7) is 8.49. The summed E-state index contributed by atoms with van der Waals surface area (Å²) in [5, 5.41) is 9.02. The van der Waals surface area contributed by atoms with Crippen molar-refractivity contribution < 1.29 is 5.11 Å². The van der Waals surface area contributed by atoms with Gasteiger partial charge in [0.2, 0.25) is 0 Å². The zero-order valence-electron chi connectivity index (χ0n) is 9.15. The molecule has 0 aromatic rings. The summed E-state index contributed by atoms with van der Waals surface area (Å²) in [5.74, 6) is 0.433. The third-order valence-corrected chi connectivity index (χ3v) is 3.55. The quantitative estimate of drug-likeness (QED) is 0.711. The molecular weight excluding hydrogens is 176 g/mol. The van der Waals surface area contributed by atoms with E-state index in [1.807, 2.05) is 0 Å². The molecule has 0 amide bonds. The maximum atomic E-state index is 9.02. The number of rotatable bonds is 3. The van der Waals surface area contributed by atoms with E-state index in [1.165, 1.54) is 39.0 Å². The number of fused-ring (bicyclic) bond motifs is 1. The van der Waals surface area contributed by atoms with Crippen molar-refractivity contribution in [2.24, 2.45) is 5.92 Å². The summed E-state index contributed by atoms with van der Waals surface area (Å²) in [6, 6.07) is 0.814. The number of aliphatic hydroxyl groups is 1. The van der Waals surface area contributed by atoms with Crippen LogP contribution in [0.25, 0.3) is 0 Å². The molecule has 2 aliphatic heterocycles. The molecule has 0 aromatic carbocycles. The lowest BCUT2D eigenvalue weighted by atomic mass is 10.1. The van der Waals surface area contributed by atoms with Gasteiger partial charge in [-0.3, -0.25) is 4.90 Å². The summed E-state index contributed by atoms with van der Waals surface area (Å²) in [5.41, 5.74) is 0. The fourth-order valence-electron chi connectivity index (χ4n) is 2.72. The second kappa shape index (κ2) is 4.60. The number of piperazine rings is 1. The van der Waals surface area contributed by atoms with Gasteiger partial charge in [-0.15, -0.1) is 0 Å². The minimum absolute atomic E-state index is 0.324. The number of nitrogens with zero attached hydrogens (tertiary/aromatic N) is 2. The standard InChI is InChI=1S/C11H22N2O/c1-10(9-14)7-12-5-6-13-4-2-3-11(13)8-12/h10-11,14H,2-9H2,1H3. The van der Waals surface area contributed by atoms with Gasteiger partial charge < -0.3 is 10.0 Å². The zero-order valence-corrected chi connectivity index (χ0v) is 9.15. The highest BCUT2D eigenvalue weighted by Gasteiger charge is 2.30. The van der Waals surface area contributed by atoms with Crippen LogP contribution in [0.15, 0.2) is 0 Å². The van der Waals surface area contributed by atoms with Crippen LogP contribution in [-0.2, 0) is 0 Å². The van der Waals surface area contributed by atoms with Crippen LogP contribution in [-0.4, -0.2) is 60.3 Å². The van der Waals surface area contributed by atoms with Crippen molar-refractivity contribution in [3.05, 3.63) is 0 Å². The summed E-state index contributed by atoms with van der Waals surface area (Å²) in [4.78, 5) is 5.15. The van der Waals surface area contributed by atoms with Crippen LogP contribution in [0.4, 0.5) is 0 Å². The van der Waals surface area contributed by atoms with Gasteiger partial charge in [0.1, 0.15) is 0 Å². The van der Waals surface area contributed by atoms with Crippen molar-refractivity contribution in [2.75, 3.05) is 39.3 Å². The summed E-state index contributed by atoms with van der Waals surface area (Å²) >= 11 is 0. The Kier molecular flexibility index (Phi) is 3.42. The first-order valence-corrected chi connectivity index (χ1v) is 5.87. The first-order chi connectivity index (χ1) is 6.79. The molecule has 0 spiro atoms. The van der Waals surface area contributed by atoms with Gasteiger partial charge in [-0.05, 0) is 25.3 Å². The van der Waals surface area contributed by atoms with Gasteiger partial charge in [0, 0.05) is 38.8 Å². The molecule has 2 heterocycles. The third kappa shape index (κ3) is 2.27. The summed E-state index contributed by atoms with van der Waals surface area (Å²) in [6.07, 6.45) is 2.76. The lowest BCUT2D eigenvalue weighted by Crippen LogP contribution is -2.51. The average Bonchev–Trinajstić information content (AvgIpc) is 2.64. The van der Waals surface area contributed by atoms with E-state index in [0.29, 0.717) is 12.5 Å². The number of hydrogen-bond acceptors (Lipinski definition) is 3. The smallest absolute Gasteiger partial charge is 0.0468 e. The van der Waals surface area contributed by atoms with Crippen LogP contribution >= 0.6 is 0 Å². The molecule has 2 rings (SSSR count). The Morgan fingerprint density at radius 1 is 1.36 bits per heavy atom. The molecule has 1 N–H and O–H groups in total. The van der Waals surface area contributed by atoms with E-state index in [1.54, 1.807) is 0 Å². The topological polar surface area (TPSA) is 26.7 Å². The molecule has 0 saturated carbocycles. The molecule has 2 atom stereocenters. The van der Waals surface area contributed by atoms with Crippen LogP contribution in [0.3, 0.4) is 0 Å². The molecule has 14 heavy (non-hydrogen) atoms. The molecule has 0 aliphatic carbocycles. The molecule has 82 valence electrons. The SMILES string of the molecule is CC(CO)CN1CCN2CCCC2C1. The van der Waals surface area contributed by atoms with Crippen LogP contribution in [0.1, 0.15) is 19.8 Å². The average molecular weight is 198 g/mol. The molecule has 2 unspecified atom stereocenters. The normalized spacial score (nSPS) is 31.7. The fraction of sp³-hybridized carbons (Fsp3) is 1.00. The summed E-state index contributed by atoms with van der Waals surface area (Å²) in [7, 11) is 0. The highest BCUT2D eigenvalue weighted by molar-refractivity contribution is 4.87. The monoisotopic (exact) mass is 198 g/mol. The lowest BCUT2D eigenvalue weighted by Gasteiger charge is -2.38. The fourth-order valence-corrected chi connectivity index (χ4v) is 2.72. The van der Waals surface area contributed by atoms with Crippen molar-refractivity contribution in [1.82, 2.24) is 9.80 Å². The molecule has 2 saturated heterocycles. The zero-order chi connectivity index (χ0) is 9.97. The first kappa shape index (κ1) is 10.4. The largest absolute Gasteiger partial charge is 0.396 e. The number of aliphatic hydroxyl groups excluding tert-OH is 1. The van der Waals surface area contributed by atoms with Gasteiger partial charge in [-0.1, -0.05) is 6.92 Å². The van der Waals surface area contributed by atoms with Crippen LogP contribution < -0.4 is 0 Å². The minimum atomic E-state index is 0.324. The van der Waals surface area contributed by atoms with Crippen molar-refractivity contribution in [3.63, 3.8) is 0 Å². The van der Waals surface area contributed by atoms with Crippen LogP contribution in [0.2, 0.25) is 0 Å². The molecule has 0 aromatic heterocycles. The maximum absolute atomic E-state index is 9.02. The molecule has 2 aliphatic rings. The van der Waals surface area contributed by atoms with Crippen molar-refractivity contribution in [2.45, 2.75) is 25.8 Å². The Balaban J connectivity index is 1.79. The van der Waals surface area contributed by atoms with E-state index < -0.39 is 0 Å². The molecule has 3 nitrogen and oxygen atoms in total. The van der Waals surface area contributed by atoms with E-state index in [9.17, 15) is 0 Å². The Morgan fingerprint density at radius 2 is 2.21 bits per heavy atom. The Labute approximate surface area is 86.7 Å². The molecular formula is C11H22N2O. The predicted octanol–water partition coefficient (Wildman–Crippen LogP) is 0.395. The first-order valence-electron chi connectivity index (χ1n) is 5.87. The molecule has 0 radical (unpaired) electrons. The van der Waals surface area contributed by atoms with E-state index in [2.05, 4.69) is 16.7 Å². The van der Waals surface area contributed by atoms with Gasteiger partial charge in [-0.2, -0.15) is 0 Å². The van der Waals surface area contributed by atoms with Crippen molar-refractivity contribution in [1.29, 1.82) is 0 Å². The van der Waals surface area contributed by atoms with E-state index in [-0.39, 0.29) is 0 Å². The summed E-state index contributed by atoms with van der Waals surface area (Å²) < 4.78 is 0. The van der Waals surface area contributed by atoms with E-state index in [0.717, 1.165) is 12.6 Å². The van der Waals surface area contributed by atoms with Gasteiger partial charge in [0.25, 0.3) is 0 Å². The Bertz CT molecular complexity index is 186. The van der Waals surface area contributed by atoms with Crippen LogP contribution in [0.5, 0.6) is 0 Å². The highest BCUT2D eigenvalue weighted by Crippen LogP contribution is 2.21. The molecule has 2 fully saturated rings. The van der Waals surface area contributed by atoms with Gasteiger partial charge in [0.15, 0.2) is 0 Å². The van der Waals surface area contributed by atoms with E-state index in [4.69, 9.17) is 5.11 Å². The number of hydrogen-bond donors (Lipinski definition) is 1. The van der Waals surface area contributed by atoms with Crippen molar-refractivity contribution >= 4 is 0 Å². The van der Waals surface area contributed by atoms with E-state index >= 15 is 0 Å².